The van der Waals surface area contributed by atoms with Crippen LogP contribution in [0.2, 0.25) is 5.02 Å². The number of hydrogen-bond donors (Lipinski definition) is 1. The van der Waals surface area contributed by atoms with E-state index in [1.54, 1.807) is 7.05 Å². The molecule has 2 aromatic rings. The number of aromatic nitrogens is 2. The van der Waals surface area contributed by atoms with Crippen molar-refractivity contribution >= 4 is 29.4 Å². The van der Waals surface area contributed by atoms with E-state index < -0.39 is 11.5 Å². The highest BCUT2D eigenvalue weighted by molar-refractivity contribution is 6.31. The Hall–Kier alpha value is -2.67. The van der Waals surface area contributed by atoms with Crippen molar-refractivity contribution in [3.8, 4) is 0 Å². The summed E-state index contributed by atoms with van der Waals surface area (Å²) in [5.41, 5.74) is 7.91. The molecule has 0 unspecified atom stereocenters. The molecule has 0 saturated heterocycles. The lowest BCUT2D eigenvalue weighted by Gasteiger charge is -2.42. The number of nitrogens with two attached hydrogens (primary N) is 1. The Labute approximate surface area is 182 Å². The number of halogens is 1. The summed E-state index contributed by atoms with van der Waals surface area (Å²) in [7, 11) is 3.56. The summed E-state index contributed by atoms with van der Waals surface area (Å²) in [4.78, 5) is 30.7. The summed E-state index contributed by atoms with van der Waals surface area (Å²) in [6.45, 7) is 4.25. The van der Waals surface area contributed by atoms with Crippen LogP contribution in [0.1, 0.15) is 42.6 Å². The van der Waals surface area contributed by atoms with E-state index in [4.69, 9.17) is 27.3 Å². The van der Waals surface area contributed by atoms with Gasteiger partial charge >= 0.3 is 0 Å². The average Bonchev–Trinajstić information content (AvgIpc) is 3.57. The quantitative estimate of drug-likeness (QED) is 0.793. The molecule has 1 aromatic carbocycles. The molecule has 2 atom stereocenters. The van der Waals surface area contributed by atoms with E-state index in [2.05, 4.69) is 4.98 Å². The number of aliphatic imine (C=N–C) groups is 1. The highest BCUT2D eigenvalue weighted by atomic mass is 35.5. The molecule has 0 radical (unpaired) electrons. The zero-order chi connectivity index (χ0) is 21.6. The Morgan fingerprint density at radius 2 is 1.93 bits per heavy atom. The van der Waals surface area contributed by atoms with Gasteiger partial charge in [0.25, 0.3) is 0 Å². The maximum Gasteiger partial charge on any atom is 0.236 e. The van der Waals surface area contributed by atoms with E-state index >= 15 is 0 Å². The molecule has 2 heterocycles. The van der Waals surface area contributed by atoms with Crippen LogP contribution in [0.5, 0.6) is 0 Å². The van der Waals surface area contributed by atoms with Crippen molar-refractivity contribution in [3.63, 3.8) is 0 Å². The van der Waals surface area contributed by atoms with E-state index in [0.717, 1.165) is 29.8 Å². The number of nitrogens with zero attached hydrogens (tertiary/aromatic N) is 5. The third-order valence-corrected chi connectivity index (χ3v) is 6.62. The fourth-order valence-electron chi connectivity index (χ4n) is 3.99. The largest absolute Gasteiger partial charge is 0.369 e. The number of guanidine groups is 1. The van der Waals surface area contributed by atoms with Crippen molar-refractivity contribution in [2.45, 2.75) is 38.1 Å². The van der Waals surface area contributed by atoms with Gasteiger partial charge in [-0.1, -0.05) is 41.9 Å². The van der Waals surface area contributed by atoms with Crippen LogP contribution in [-0.2, 0) is 10.3 Å². The third kappa shape index (κ3) is 3.51. The first-order valence-corrected chi connectivity index (χ1v) is 10.5. The van der Waals surface area contributed by atoms with Crippen LogP contribution in [0.25, 0.3) is 0 Å². The number of hydrogen-bond acceptors (Lipinski definition) is 6. The van der Waals surface area contributed by atoms with Crippen LogP contribution in [0.4, 0.5) is 5.95 Å². The van der Waals surface area contributed by atoms with Crippen LogP contribution in [0.3, 0.4) is 0 Å². The molecule has 1 saturated carbocycles. The maximum atomic E-state index is 13.3. The van der Waals surface area contributed by atoms with Gasteiger partial charge in [-0.2, -0.15) is 0 Å². The molecule has 1 amide bonds. The summed E-state index contributed by atoms with van der Waals surface area (Å²) in [5.74, 6) is 0.680. The molecule has 158 valence electrons. The Morgan fingerprint density at radius 1 is 1.27 bits per heavy atom. The Bertz CT molecular complexity index is 1010. The fraction of sp³-hybridized carbons (Fsp3) is 0.455. The van der Waals surface area contributed by atoms with Gasteiger partial charge in [0.15, 0.2) is 5.96 Å². The van der Waals surface area contributed by atoms with Crippen molar-refractivity contribution in [2.75, 3.05) is 25.5 Å². The minimum Gasteiger partial charge on any atom is -0.369 e. The Kier molecular flexibility index (Phi) is 5.18. The van der Waals surface area contributed by atoms with E-state index in [-0.39, 0.29) is 11.9 Å². The molecule has 2 aliphatic rings. The van der Waals surface area contributed by atoms with Crippen LogP contribution < -0.4 is 10.6 Å². The molecule has 1 aliphatic carbocycles. The first-order valence-electron chi connectivity index (χ1n) is 10.2. The number of carbonyl (C=O) groups excluding carboxylic acids is 1. The molecule has 0 bridgehead atoms. The molecule has 2 N–H and O–H groups in total. The minimum atomic E-state index is -0.788. The third-order valence-electron chi connectivity index (χ3n) is 6.15. The second kappa shape index (κ2) is 7.54. The molecule has 30 heavy (non-hydrogen) atoms. The van der Waals surface area contributed by atoms with Gasteiger partial charge in [0.05, 0.1) is 27.9 Å². The van der Waals surface area contributed by atoms with Gasteiger partial charge in [-0.3, -0.25) is 9.69 Å². The molecule has 1 aromatic heterocycles. The number of anilines is 1. The van der Waals surface area contributed by atoms with Gasteiger partial charge in [-0.25, -0.2) is 15.0 Å². The van der Waals surface area contributed by atoms with Gasteiger partial charge in [0, 0.05) is 26.6 Å². The summed E-state index contributed by atoms with van der Waals surface area (Å²) >= 11 is 6.44. The second-order valence-corrected chi connectivity index (χ2v) is 8.77. The topological polar surface area (TPSA) is 87.7 Å². The standard InChI is InChI=1S/C22H27ClN6O/c1-13-17(23)18(14-10-11-14)26-21(25-13)28(3)12-16-19(30)29(4)20(24)27-22(16,2)15-8-6-5-7-9-15/h5-9,14,16H,10-12H2,1-4H3,(H2,24,27)/t16-,22+/m0/s1. The van der Waals surface area contributed by atoms with Crippen molar-refractivity contribution in [2.24, 2.45) is 16.6 Å². The van der Waals surface area contributed by atoms with Crippen LogP contribution in [-0.4, -0.2) is 47.4 Å². The Balaban J connectivity index is 1.70. The van der Waals surface area contributed by atoms with Crippen LogP contribution in [0.15, 0.2) is 35.3 Å². The number of amides is 1. The SMILES string of the molecule is Cc1nc(N(C)C[C@H]2C(=O)N(C)C(N)=N[C@]2(C)c2ccccc2)nc(C2CC2)c1Cl. The molecular formula is C22H27ClN6O. The molecule has 1 fully saturated rings. The summed E-state index contributed by atoms with van der Waals surface area (Å²) < 4.78 is 0. The summed E-state index contributed by atoms with van der Waals surface area (Å²) in [6, 6.07) is 9.81. The highest BCUT2D eigenvalue weighted by Gasteiger charge is 2.47. The molecule has 7 nitrogen and oxygen atoms in total. The lowest BCUT2D eigenvalue weighted by Crippen LogP contribution is -2.56. The van der Waals surface area contributed by atoms with Gasteiger partial charge in [-0.15, -0.1) is 0 Å². The number of aryl methyl sites for hydroxylation is 1. The lowest BCUT2D eigenvalue weighted by atomic mass is 9.78. The lowest BCUT2D eigenvalue weighted by molar-refractivity contribution is -0.133. The van der Waals surface area contributed by atoms with Crippen molar-refractivity contribution in [1.29, 1.82) is 0 Å². The number of carbonyl (C=O) groups is 1. The van der Waals surface area contributed by atoms with Crippen molar-refractivity contribution in [3.05, 3.63) is 52.3 Å². The first kappa shape index (κ1) is 20.6. The van der Waals surface area contributed by atoms with Crippen LogP contribution in [0, 0.1) is 12.8 Å². The first-order chi connectivity index (χ1) is 14.2. The normalized spacial score (nSPS) is 24.0. The van der Waals surface area contributed by atoms with E-state index in [0.29, 0.717) is 23.4 Å². The van der Waals surface area contributed by atoms with E-state index in [9.17, 15) is 4.79 Å². The molecular weight excluding hydrogens is 400 g/mol. The molecule has 8 heteroatoms. The average molecular weight is 427 g/mol. The van der Waals surface area contributed by atoms with E-state index in [1.807, 2.05) is 56.1 Å². The highest BCUT2D eigenvalue weighted by Crippen LogP contribution is 2.43. The van der Waals surface area contributed by atoms with Gasteiger partial charge < -0.3 is 10.6 Å². The van der Waals surface area contributed by atoms with Crippen molar-refractivity contribution < 1.29 is 4.79 Å². The monoisotopic (exact) mass is 426 g/mol. The number of rotatable bonds is 5. The minimum absolute atomic E-state index is 0.0752. The van der Waals surface area contributed by atoms with Gasteiger partial charge in [0.2, 0.25) is 11.9 Å². The molecule has 0 spiro atoms. The second-order valence-electron chi connectivity index (χ2n) is 8.40. The molecule has 4 rings (SSSR count). The number of benzene rings is 1. The zero-order valence-corrected chi connectivity index (χ0v) is 18.5. The zero-order valence-electron chi connectivity index (χ0n) is 17.8. The van der Waals surface area contributed by atoms with Crippen LogP contribution >= 0.6 is 11.6 Å². The summed E-state index contributed by atoms with van der Waals surface area (Å²) in [5, 5.41) is 0.648. The van der Waals surface area contributed by atoms with Gasteiger partial charge in [-0.05, 0) is 32.3 Å². The van der Waals surface area contributed by atoms with Crippen molar-refractivity contribution in [1.82, 2.24) is 14.9 Å². The van der Waals surface area contributed by atoms with Gasteiger partial charge in [0.1, 0.15) is 0 Å². The predicted octanol–water partition coefficient (Wildman–Crippen LogP) is 3.07. The fourth-order valence-corrected chi connectivity index (χ4v) is 4.23. The Morgan fingerprint density at radius 3 is 2.57 bits per heavy atom. The summed E-state index contributed by atoms with van der Waals surface area (Å²) in [6.07, 6.45) is 2.20. The van der Waals surface area contributed by atoms with E-state index in [1.165, 1.54) is 4.90 Å². The smallest absolute Gasteiger partial charge is 0.236 e. The maximum absolute atomic E-state index is 13.3. The predicted molar refractivity (Wildman–Crippen MR) is 119 cm³/mol. The molecule has 1 aliphatic heterocycles.